The van der Waals surface area contributed by atoms with Crippen molar-refractivity contribution >= 4 is 22.6 Å². The zero-order valence-electron chi connectivity index (χ0n) is 17.1. The molecule has 7 heteroatoms. The lowest BCUT2D eigenvalue weighted by Gasteiger charge is -2.20. The summed E-state index contributed by atoms with van der Waals surface area (Å²) in [6.45, 7) is 10.2. The van der Waals surface area contributed by atoms with Crippen LogP contribution in [0, 0.1) is 6.92 Å². The minimum absolute atomic E-state index is 0.138. The van der Waals surface area contributed by atoms with Crippen molar-refractivity contribution < 1.29 is 4.79 Å². The van der Waals surface area contributed by atoms with E-state index in [2.05, 4.69) is 22.3 Å². The number of nitrogens with zero attached hydrogens (tertiary/aromatic N) is 4. The third-order valence-corrected chi connectivity index (χ3v) is 4.72. The Morgan fingerprint density at radius 1 is 1.18 bits per heavy atom. The van der Waals surface area contributed by atoms with Gasteiger partial charge in [-0.05, 0) is 51.8 Å². The second kappa shape index (κ2) is 7.58. The smallest absolute Gasteiger partial charge is 0.264 e. The molecule has 3 rings (SSSR count). The van der Waals surface area contributed by atoms with Gasteiger partial charge in [0.05, 0.1) is 11.7 Å². The fourth-order valence-electron chi connectivity index (χ4n) is 3.12. The number of hydrogen-bond donors (Lipinski definition) is 1. The maximum Gasteiger partial charge on any atom is 0.264 e. The first kappa shape index (κ1) is 19.8. The zero-order valence-corrected chi connectivity index (χ0v) is 17.1. The van der Waals surface area contributed by atoms with Gasteiger partial charge in [0.1, 0.15) is 11.2 Å². The molecule has 0 atom stereocenters. The molecule has 1 amide bonds. The molecule has 0 saturated carbocycles. The summed E-state index contributed by atoms with van der Waals surface area (Å²) in [6, 6.07) is 7.77. The highest BCUT2D eigenvalue weighted by atomic mass is 16.2. The molecule has 0 saturated heterocycles. The molecule has 0 fully saturated rings. The Balaban J connectivity index is 1.77. The van der Waals surface area contributed by atoms with Crippen molar-refractivity contribution in [1.82, 2.24) is 19.3 Å². The Hall–Kier alpha value is -2.96. The van der Waals surface area contributed by atoms with Gasteiger partial charge in [-0.3, -0.25) is 14.2 Å². The number of aromatic nitrogens is 4. The standard InChI is InChI=1S/C21H27N5O2/c1-6-15-7-9-16(10-8-15)24-18(27)11-12-25-14(2)23-19-17(20(25)28)13-22-26(19)21(3,4)5/h7-10,13H,6,11-12H2,1-5H3,(H,24,27). The first-order chi connectivity index (χ1) is 13.2. The highest BCUT2D eigenvalue weighted by molar-refractivity contribution is 5.90. The second-order valence-corrected chi connectivity index (χ2v) is 7.93. The number of carbonyl (C=O) groups excluding carboxylic acids is 1. The van der Waals surface area contributed by atoms with Crippen LogP contribution >= 0.6 is 0 Å². The fraction of sp³-hybridized carbons (Fsp3) is 0.429. The van der Waals surface area contributed by atoms with Gasteiger partial charge in [0, 0.05) is 18.7 Å². The van der Waals surface area contributed by atoms with Crippen LogP contribution in [0.25, 0.3) is 11.0 Å². The number of fused-ring (bicyclic) bond motifs is 1. The summed E-state index contributed by atoms with van der Waals surface area (Å²) in [5.41, 5.74) is 2.11. The van der Waals surface area contributed by atoms with E-state index in [1.165, 1.54) is 10.1 Å². The Bertz CT molecular complexity index is 1060. The number of carbonyl (C=O) groups is 1. The van der Waals surface area contributed by atoms with Crippen molar-refractivity contribution in [2.24, 2.45) is 0 Å². The Kier molecular flexibility index (Phi) is 5.36. The van der Waals surface area contributed by atoms with E-state index in [1.54, 1.807) is 17.8 Å². The Morgan fingerprint density at radius 3 is 2.46 bits per heavy atom. The number of nitrogens with one attached hydrogen (secondary N) is 1. The highest BCUT2D eigenvalue weighted by Gasteiger charge is 2.21. The van der Waals surface area contributed by atoms with Gasteiger partial charge in [0.25, 0.3) is 5.56 Å². The number of rotatable bonds is 5. The van der Waals surface area contributed by atoms with E-state index < -0.39 is 0 Å². The van der Waals surface area contributed by atoms with Crippen molar-refractivity contribution in [3.63, 3.8) is 0 Å². The molecular formula is C21H27N5O2. The van der Waals surface area contributed by atoms with E-state index in [9.17, 15) is 9.59 Å². The lowest BCUT2D eigenvalue weighted by Crippen LogP contribution is -2.28. The molecule has 148 valence electrons. The molecule has 7 nitrogen and oxygen atoms in total. The molecular weight excluding hydrogens is 354 g/mol. The van der Waals surface area contributed by atoms with Gasteiger partial charge in [0.15, 0.2) is 5.65 Å². The summed E-state index contributed by atoms with van der Waals surface area (Å²) in [7, 11) is 0. The molecule has 1 N–H and O–H groups in total. The zero-order chi connectivity index (χ0) is 20.5. The van der Waals surface area contributed by atoms with E-state index in [4.69, 9.17) is 0 Å². The summed E-state index contributed by atoms with van der Waals surface area (Å²) < 4.78 is 3.30. The van der Waals surface area contributed by atoms with Crippen molar-refractivity contribution in [3.8, 4) is 0 Å². The number of hydrogen-bond acceptors (Lipinski definition) is 4. The average molecular weight is 381 g/mol. The molecule has 3 aromatic rings. The third kappa shape index (κ3) is 3.98. The first-order valence-corrected chi connectivity index (χ1v) is 9.55. The largest absolute Gasteiger partial charge is 0.326 e. The summed E-state index contributed by atoms with van der Waals surface area (Å²) in [5, 5.41) is 7.68. The number of amides is 1. The van der Waals surface area contributed by atoms with Crippen molar-refractivity contribution in [2.45, 2.75) is 59.5 Å². The molecule has 0 aliphatic carbocycles. The maximum atomic E-state index is 12.9. The molecule has 0 spiro atoms. The second-order valence-electron chi connectivity index (χ2n) is 7.93. The van der Waals surface area contributed by atoms with E-state index >= 15 is 0 Å². The van der Waals surface area contributed by atoms with Crippen molar-refractivity contribution in [1.29, 1.82) is 0 Å². The summed E-state index contributed by atoms with van der Waals surface area (Å²) in [5.74, 6) is 0.435. The van der Waals surface area contributed by atoms with Crippen LogP contribution in [0.4, 0.5) is 5.69 Å². The lowest BCUT2D eigenvalue weighted by atomic mass is 10.1. The van der Waals surface area contributed by atoms with Crippen LogP contribution in [0.2, 0.25) is 0 Å². The Labute approximate surface area is 164 Å². The Morgan fingerprint density at radius 2 is 1.86 bits per heavy atom. The molecule has 0 aliphatic rings. The van der Waals surface area contributed by atoms with Gasteiger partial charge >= 0.3 is 0 Å². The van der Waals surface area contributed by atoms with Crippen molar-refractivity contribution in [2.75, 3.05) is 5.32 Å². The first-order valence-electron chi connectivity index (χ1n) is 9.55. The molecule has 2 aromatic heterocycles. The highest BCUT2D eigenvalue weighted by Crippen LogP contribution is 2.18. The number of benzene rings is 1. The number of aryl methyl sites for hydroxylation is 2. The van der Waals surface area contributed by atoms with E-state index in [-0.39, 0.29) is 30.0 Å². The van der Waals surface area contributed by atoms with Crippen LogP contribution in [0.15, 0.2) is 35.3 Å². The fourth-order valence-corrected chi connectivity index (χ4v) is 3.12. The van der Waals surface area contributed by atoms with Crippen LogP contribution in [0.3, 0.4) is 0 Å². The minimum Gasteiger partial charge on any atom is -0.326 e. The molecule has 0 radical (unpaired) electrons. The van der Waals surface area contributed by atoms with Gasteiger partial charge in [0.2, 0.25) is 5.91 Å². The van der Waals surface area contributed by atoms with Crippen LogP contribution in [-0.2, 0) is 23.3 Å². The van der Waals surface area contributed by atoms with Crippen molar-refractivity contribution in [3.05, 3.63) is 52.2 Å². The molecule has 0 unspecified atom stereocenters. The normalized spacial score (nSPS) is 11.8. The molecule has 0 aliphatic heterocycles. The summed E-state index contributed by atoms with van der Waals surface area (Å²) >= 11 is 0. The van der Waals surface area contributed by atoms with Crippen LogP contribution in [0.5, 0.6) is 0 Å². The SMILES string of the molecule is CCc1ccc(NC(=O)CCn2c(C)nc3c(cnn3C(C)(C)C)c2=O)cc1. The third-order valence-electron chi connectivity index (χ3n) is 4.72. The quantitative estimate of drug-likeness (QED) is 0.735. The van der Waals surface area contributed by atoms with E-state index in [1.807, 2.05) is 45.0 Å². The van der Waals surface area contributed by atoms with Gasteiger partial charge in [-0.15, -0.1) is 0 Å². The topological polar surface area (TPSA) is 81.8 Å². The lowest BCUT2D eigenvalue weighted by molar-refractivity contribution is -0.116. The maximum absolute atomic E-state index is 12.9. The summed E-state index contributed by atoms with van der Waals surface area (Å²) in [6.07, 6.45) is 2.70. The predicted molar refractivity (Wildman–Crippen MR) is 111 cm³/mol. The van der Waals surface area contributed by atoms with E-state index in [0.29, 0.717) is 16.9 Å². The van der Waals surface area contributed by atoms with Crippen LogP contribution in [0.1, 0.15) is 45.5 Å². The summed E-state index contributed by atoms with van der Waals surface area (Å²) in [4.78, 5) is 29.7. The minimum atomic E-state index is -0.271. The van der Waals surface area contributed by atoms with Gasteiger partial charge in [-0.25, -0.2) is 9.67 Å². The van der Waals surface area contributed by atoms with Gasteiger partial charge in [-0.1, -0.05) is 19.1 Å². The van der Waals surface area contributed by atoms with Crippen LogP contribution < -0.4 is 10.9 Å². The number of anilines is 1. The van der Waals surface area contributed by atoms with E-state index in [0.717, 1.165) is 12.1 Å². The van der Waals surface area contributed by atoms with Gasteiger partial charge in [-0.2, -0.15) is 5.10 Å². The molecule has 0 bridgehead atoms. The monoisotopic (exact) mass is 381 g/mol. The van der Waals surface area contributed by atoms with Gasteiger partial charge < -0.3 is 5.32 Å². The predicted octanol–water partition coefficient (Wildman–Crippen LogP) is 3.25. The van der Waals surface area contributed by atoms with Crippen LogP contribution in [-0.4, -0.2) is 25.2 Å². The molecule has 2 heterocycles. The average Bonchev–Trinajstić information content (AvgIpc) is 3.06. The molecule has 28 heavy (non-hydrogen) atoms. The molecule has 1 aromatic carbocycles.